The van der Waals surface area contributed by atoms with Gasteiger partial charge in [-0.2, -0.15) is 5.10 Å². The number of pyridine rings is 1. The van der Waals surface area contributed by atoms with E-state index in [-0.39, 0.29) is 34.3 Å². The summed E-state index contributed by atoms with van der Waals surface area (Å²) in [4.78, 5) is 31.1. The molecule has 1 saturated carbocycles. The van der Waals surface area contributed by atoms with Crippen molar-refractivity contribution in [3.63, 3.8) is 0 Å². The van der Waals surface area contributed by atoms with Crippen molar-refractivity contribution in [2.45, 2.75) is 37.8 Å². The number of carbonyl (C=O) groups is 2. The molecule has 2 aromatic heterocycles. The van der Waals surface area contributed by atoms with E-state index in [1.165, 1.54) is 4.68 Å². The van der Waals surface area contributed by atoms with Crippen LogP contribution in [-0.2, 0) is 0 Å². The minimum atomic E-state index is -0.447. The van der Waals surface area contributed by atoms with E-state index in [4.69, 9.17) is 11.6 Å². The van der Waals surface area contributed by atoms with E-state index < -0.39 is 5.91 Å². The quantitative estimate of drug-likeness (QED) is 0.262. The Balaban J connectivity index is 1.42. The number of carbonyl (C=O) groups excluding carboxylic acids is 2. The molecule has 4 aromatic rings. The summed E-state index contributed by atoms with van der Waals surface area (Å²) in [6, 6.07) is 21.5. The van der Waals surface area contributed by atoms with E-state index in [1.807, 2.05) is 54.6 Å². The summed E-state index contributed by atoms with van der Waals surface area (Å²) in [5.74, 6) is 0.247. The van der Waals surface area contributed by atoms with Gasteiger partial charge in [-0.3, -0.25) is 9.59 Å². The van der Waals surface area contributed by atoms with Crippen molar-refractivity contribution in [1.29, 1.82) is 0 Å². The first kappa shape index (κ1) is 26.4. The van der Waals surface area contributed by atoms with Gasteiger partial charge in [0, 0.05) is 24.7 Å². The second-order valence-electron chi connectivity index (χ2n) is 9.45. The van der Waals surface area contributed by atoms with Crippen LogP contribution < -0.4 is 16.0 Å². The van der Waals surface area contributed by atoms with Crippen LogP contribution >= 0.6 is 11.6 Å². The SMILES string of the molecule is CNc1cccc(-c2ccc(Cl)c(C(=O)Nc3cc(C(=O)NC4CCC(O)CC4)nn3-c3ccccc3)c2)n1. The number of aromatic nitrogens is 3. The summed E-state index contributed by atoms with van der Waals surface area (Å²) < 4.78 is 1.52. The first-order valence-electron chi connectivity index (χ1n) is 12.8. The lowest BCUT2D eigenvalue weighted by molar-refractivity contribution is 0.0862. The first-order valence-corrected chi connectivity index (χ1v) is 13.2. The lowest BCUT2D eigenvalue weighted by Crippen LogP contribution is -2.38. The Morgan fingerprint density at radius 3 is 2.46 bits per heavy atom. The predicted molar refractivity (Wildman–Crippen MR) is 151 cm³/mol. The largest absolute Gasteiger partial charge is 0.393 e. The molecule has 10 heteroatoms. The molecule has 0 bridgehead atoms. The number of rotatable bonds is 7. The Morgan fingerprint density at radius 2 is 1.72 bits per heavy atom. The molecule has 0 unspecified atom stereocenters. The van der Waals surface area contributed by atoms with Crippen LogP contribution in [0.5, 0.6) is 0 Å². The van der Waals surface area contributed by atoms with Gasteiger partial charge in [0.15, 0.2) is 5.69 Å². The molecule has 39 heavy (non-hydrogen) atoms. The fourth-order valence-electron chi connectivity index (χ4n) is 4.60. The van der Waals surface area contributed by atoms with E-state index in [9.17, 15) is 14.7 Å². The van der Waals surface area contributed by atoms with Gasteiger partial charge in [-0.25, -0.2) is 9.67 Å². The van der Waals surface area contributed by atoms with Gasteiger partial charge in [0.2, 0.25) is 0 Å². The van der Waals surface area contributed by atoms with Crippen molar-refractivity contribution < 1.29 is 14.7 Å². The highest BCUT2D eigenvalue weighted by atomic mass is 35.5. The summed E-state index contributed by atoms with van der Waals surface area (Å²) in [6.07, 6.45) is 2.40. The maximum Gasteiger partial charge on any atom is 0.272 e. The molecule has 2 aromatic carbocycles. The van der Waals surface area contributed by atoms with Gasteiger partial charge in [-0.15, -0.1) is 0 Å². The van der Waals surface area contributed by atoms with E-state index >= 15 is 0 Å². The third-order valence-electron chi connectivity index (χ3n) is 6.73. The van der Waals surface area contributed by atoms with E-state index in [1.54, 1.807) is 25.2 Å². The number of aliphatic hydroxyl groups excluding tert-OH is 1. The minimum Gasteiger partial charge on any atom is -0.393 e. The average molecular weight is 545 g/mol. The molecule has 0 radical (unpaired) electrons. The number of hydrogen-bond donors (Lipinski definition) is 4. The first-order chi connectivity index (χ1) is 18.9. The summed E-state index contributed by atoms with van der Waals surface area (Å²) in [5.41, 5.74) is 2.54. The highest BCUT2D eigenvalue weighted by Gasteiger charge is 2.24. The van der Waals surface area contributed by atoms with Crippen molar-refractivity contribution in [3.8, 4) is 16.9 Å². The topological polar surface area (TPSA) is 121 Å². The average Bonchev–Trinajstić information content (AvgIpc) is 3.39. The Hall–Kier alpha value is -4.21. The Kier molecular flexibility index (Phi) is 7.90. The number of nitrogens with zero attached hydrogens (tertiary/aromatic N) is 3. The van der Waals surface area contributed by atoms with Crippen LogP contribution in [0.15, 0.2) is 72.8 Å². The molecule has 2 amide bonds. The van der Waals surface area contributed by atoms with E-state index in [2.05, 4.69) is 26.0 Å². The molecule has 0 saturated heterocycles. The molecule has 9 nitrogen and oxygen atoms in total. The van der Waals surface area contributed by atoms with Crippen LogP contribution in [0.2, 0.25) is 5.02 Å². The molecule has 0 atom stereocenters. The number of amides is 2. The fraction of sp³-hybridized carbons (Fsp3) is 0.241. The Labute approximate surface area is 231 Å². The molecule has 2 heterocycles. The molecule has 4 N–H and O–H groups in total. The lowest BCUT2D eigenvalue weighted by atomic mass is 9.93. The van der Waals surface area contributed by atoms with Crippen LogP contribution in [0.25, 0.3) is 16.9 Å². The lowest BCUT2D eigenvalue weighted by Gasteiger charge is -2.25. The van der Waals surface area contributed by atoms with Gasteiger partial charge in [-0.05, 0) is 62.1 Å². The number of halogens is 1. The van der Waals surface area contributed by atoms with Crippen molar-refractivity contribution in [2.24, 2.45) is 0 Å². The van der Waals surface area contributed by atoms with Crippen molar-refractivity contribution >= 4 is 35.1 Å². The number of nitrogens with one attached hydrogen (secondary N) is 3. The number of hydrogen-bond acceptors (Lipinski definition) is 6. The molecule has 0 spiro atoms. The van der Waals surface area contributed by atoms with Gasteiger partial charge in [0.05, 0.1) is 28.1 Å². The zero-order valence-corrected chi connectivity index (χ0v) is 22.2. The van der Waals surface area contributed by atoms with Crippen LogP contribution in [0, 0.1) is 0 Å². The monoisotopic (exact) mass is 544 g/mol. The highest BCUT2D eigenvalue weighted by Crippen LogP contribution is 2.27. The summed E-state index contributed by atoms with van der Waals surface area (Å²) in [7, 11) is 1.79. The molecule has 1 fully saturated rings. The van der Waals surface area contributed by atoms with Gasteiger partial charge < -0.3 is 21.1 Å². The number of para-hydroxylation sites is 1. The van der Waals surface area contributed by atoms with Gasteiger partial charge in [0.1, 0.15) is 11.6 Å². The minimum absolute atomic E-state index is 0.0302. The summed E-state index contributed by atoms with van der Waals surface area (Å²) >= 11 is 6.44. The van der Waals surface area contributed by atoms with Crippen LogP contribution in [0.1, 0.15) is 46.5 Å². The molecule has 1 aliphatic carbocycles. The molecule has 1 aliphatic rings. The summed E-state index contributed by atoms with van der Waals surface area (Å²) in [6.45, 7) is 0. The Bertz CT molecular complexity index is 1480. The maximum atomic E-state index is 13.5. The third-order valence-corrected chi connectivity index (χ3v) is 7.06. The number of aliphatic hydroxyl groups is 1. The van der Waals surface area contributed by atoms with E-state index in [0.29, 0.717) is 48.7 Å². The van der Waals surface area contributed by atoms with Crippen LogP contribution in [0.4, 0.5) is 11.6 Å². The molecule has 0 aliphatic heterocycles. The second kappa shape index (κ2) is 11.7. The van der Waals surface area contributed by atoms with Gasteiger partial charge >= 0.3 is 0 Å². The maximum absolute atomic E-state index is 13.5. The van der Waals surface area contributed by atoms with Gasteiger partial charge in [0.25, 0.3) is 11.8 Å². The predicted octanol–water partition coefficient (Wildman–Crippen LogP) is 4.92. The van der Waals surface area contributed by atoms with Gasteiger partial charge in [-0.1, -0.05) is 41.9 Å². The molecular formula is C29H29ClN6O3. The fourth-order valence-corrected chi connectivity index (χ4v) is 4.81. The Morgan fingerprint density at radius 1 is 0.949 bits per heavy atom. The normalized spacial score (nSPS) is 16.9. The zero-order valence-electron chi connectivity index (χ0n) is 21.4. The highest BCUT2D eigenvalue weighted by molar-refractivity contribution is 6.34. The molecular weight excluding hydrogens is 516 g/mol. The van der Waals surface area contributed by atoms with Crippen molar-refractivity contribution in [1.82, 2.24) is 20.1 Å². The van der Waals surface area contributed by atoms with E-state index in [0.717, 1.165) is 5.56 Å². The molecule has 200 valence electrons. The molecule has 5 rings (SSSR count). The number of anilines is 2. The van der Waals surface area contributed by atoms with Crippen LogP contribution in [-0.4, -0.2) is 50.9 Å². The zero-order chi connectivity index (χ0) is 27.4. The standard InChI is InChI=1S/C29H29ClN6O3/c1-31-26-9-5-8-24(33-26)18-10-15-23(30)22(16-18)28(38)34-27-17-25(35-36(27)20-6-3-2-4-7-20)29(39)32-19-11-13-21(37)14-12-19/h2-10,15-17,19,21,37H,11-14H2,1H3,(H,31,33)(H,32,39)(H,34,38). The third kappa shape index (κ3) is 6.10. The van der Waals surface area contributed by atoms with Crippen LogP contribution in [0.3, 0.4) is 0 Å². The smallest absolute Gasteiger partial charge is 0.272 e. The summed E-state index contributed by atoms with van der Waals surface area (Å²) in [5, 5.41) is 23.4. The number of benzene rings is 2. The van der Waals surface area contributed by atoms with Crippen molar-refractivity contribution in [3.05, 3.63) is 89.1 Å². The second-order valence-corrected chi connectivity index (χ2v) is 9.86. The van der Waals surface area contributed by atoms with Crippen molar-refractivity contribution in [2.75, 3.05) is 17.7 Å².